The molecule has 2 aromatic carbocycles. The number of rotatable bonds is 6. The van der Waals surface area contributed by atoms with E-state index >= 15 is 0 Å². The molecule has 5 heterocycles. The van der Waals surface area contributed by atoms with Gasteiger partial charge in [-0.1, -0.05) is 12.1 Å². The molecular weight excluding hydrogens is 577 g/mol. The molecule has 2 aliphatic heterocycles. The summed E-state index contributed by atoms with van der Waals surface area (Å²) in [5, 5.41) is 8.96. The number of likely N-dealkylation sites (tertiary alicyclic amines) is 1. The van der Waals surface area contributed by atoms with E-state index in [1.807, 2.05) is 45.0 Å². The molecule has 0 spiro atoms. The van der Waals surface area contributed by atoms with Crippen LogP contribution in [0, 0.1) is 5.82 Å². The number of ether oxygens (including phenoxy) is 2. The van der Waals surface area contributed by atoms with Crippen LogP contribution in [0.4, 0.5) is 26.6 Å². The zero-order valence-electron chi connectivity index (χ0n) is 25.3. The van der Waals surface area contributed by atoms with Crippen LogP contribution in [0.25, 0.3) is 28.1 Å². The summed E-state index contributed by atoms with van der Waals surface area (Å²) in [6.07, 6.45) is 5.30. The topological polar surface area (TPSA) is 123 Å². The second-order valence-corrected chi connectivity index (χ2v) is 12.1. The maximum Gasteiger partial charge on any atom is 0.410 e. The molecule has 2 aliphatic rings. The van der Waals surface area contributed by atoms with E-state index in [4.69, 9.17) is 24.5 Å². The number of hydrogen-bond acceptors (Lipinski definition) is 10. The second kappa shape index (κ2) is 11.0. The Labute approximate surface area is 258 Å². The van der Waals surface area contributed by atoms with Crippen molar-refractivity contribution < 1.29 is 18.7 Å². The molecule has 2 fully saturated rings. The van der Waals surface area contributed by atoms with Crippen molar-refractivity contribution >= 4 is 34.4 Å². The monoisotopic (exact) mass is 609 g/mol. The molecule has 0 unspecified atom stereocenters. The quantitative estimate of drug-likeness (QED) is 0.269. The standard InChI is InChI=1S/C32H32FN9O3/c1-32(2,3)45-31(43)41-18-21-13-22(41)17-40(21)27-15-28(38-29(37-27)19-6-5-7-20(33)12-19)42-25-14-23(44-4)8-9-24(25)30(39-42)36-26-16-34-10-11-35-26/h5-12,14-16,21-22H,13,17-18H2,1-4H3,(H,35,36,39)/t21-,22-/m0/s1. The van der Waals surface area contributed by atoms with E-state index in [2.05, 4.69) is 20.2 Å². The third-order valence-electron chi connectivity index (χ3n) is 7.86. The predicted molar refractivity (Wildman–Crippen MR) is 166 cm³/mol. The van der Waals surface area contributed by atoms with Gasteiger partial charge in [-0.3, -0.25) is 4.98 Å². The van der Waals surface area contributed by atoms with Gasteiger partial charge in [0.15, 0.2) is 17.5 Å². The van der Waals surface area contributed by atoms with E-state index in [0.29, 0.717) is 53.5 Å². The van der Waals surface area contributed by atoms with Crippen molar-refractivity contribution in [1.82, 2.24) is 34.6 Å². The van der Waals surface area contributed by atoms with Crippen molar-refractivity contribution in [3.8, 4) is 23.0 Å². The second-order valence-electron chi connectivity index (χ2n) is 12.1. The third kappa shape index (κ3) is 5.56. The average molecular weight is 610 g/mol. The highest BCUT2D eigenvalue weighted by atomic mass is 19.1. The van der Waals surface area contributed by atoms with Crippen molar-refractivity contribution in [1.29, 1.82) is 0 Å². The Balaban J connectivity index is 1.31. The Kier molecular flexibility index (Phi) is 6.94. The molecule has 0 saturated carbocycles. The van der Waals surface area contributed by atoms with E-state index < -0.39 is 5.60 Å². The van der Waals surface area contributed by atoms with Gasteiger partial charge < -0.3 is 24.6 Å². The number of aromatic nitrogens is 6. The minimum absolute atomic E-state index is 0.0153. The van der Waals surface area contributed by atoms with Crippen LogP contribution in [0.5, 0.6) is 5.75 Å². The summed E-state index contributed by atoms with van der Waals surface area (Å²) < 4.78 is 27.3. The molecule has 12 nitrogen and oxygen atoms in total. The van der Waals surface area contributed by atoms with Gasteiger partial charge in [0.1, 0.15) is 28.8 Å². The van der Waals surface area contributed by atoms with Crippen LogP contribution in [0.1, 0.15) is 27.2 Å². The molecule has 13 heteroatoms. The number of carbonyl (C=O) groups excluding carboxylic acids is 1. The highest BCUT2D eigenvalue weighted by Crippen LogP contribution is 2.37. The third-order valence-corrected chi connectivity index (χ3v) is 7.86. The van der Waals surface area contributed by atoms with Crippen LogP contribution in [0.3, 0.4) is 0 Å². The number of nitrogens with one attached hydrogen (secondary N) is 1. The maximum absolute atomic E-state index is 14.4. The molecule has 2 atom stereocenters. The minimum atomic E-state index is -0.573. The molecule has 2 bridgehead atoms. The molecule has 0 aliphatic carbocycles. The number of amides is 1. The van der Waals surface area contributed by atoms with Gasteiger partial charge >= 0.3 is 6.09 Å². The van der Waals surface area contributed by atoms with Gasteiger partial charge in [0.25, 0.3) is 0 Å². The Morgan fingerprint density at radius 3 is 2.58 bits per heavy atom. The van der Waals surface area contributed by atoms with E-state index in [0.717, 1.165) is 17.3 Å². The smallest absolute Gasteiger partial charge is 0.410 e. The zero-order valence-corrected chi connectivity index (χ0v) is 25.3. The lowest BCUT2D eigenvalue weighted by Crippen LogP contribution is -2.50. The zero-order chi connectivity index (χ0) is 31.3. The molecule has 45 heavy (non-hydrogen) atoms. The van der Waals surface area contributed by atoms with Gasteiger partial charge in [0, 0.05) is 48.6 Å². The fourth-order valence-corrected chi connectivity index (χ4v) is 5.90. The van der Waals surface area contributed by atoms with E-state index in [-0.39, 0.29) is 24.0 Å². The lowest BCUT2D eigenvalue weighted by atomic mass is 10.2. The number of nitrogens with zero attached hydrogens (tertiary/aromatic N) is 8. The summed E-state index contributed by atoms with van der Waals surface area (Å²) in [6, 6.07) is 13.8. The highest BCUT2D eigenvalue weighted by molar-refractivity contribution is 5.93. The first-order chi connectivity index (χ1) is 21.6. The van der Waals surface area contributed by atoms with Crippen molar-refractivity contribution in [2.75, 3.05) is 30.4 Å². The van der Waals surface area contributed by atoms with Crippen LogP contribution in [-0.2, 0) is 4.74 Å². The lowest BCUT2D eigenvalue weighted by molar-refractivity contribution is 0.0214. The normalized spacial score (nSPS) is 17.6. The summed E-state index contributed by atoms with van der Waals surface area (Å²) in [6.45, 7) is 6.69. The molecule has 230 valence electrons. The number of methoxy groups -OCH3 is 1. The summed E-state index contributed by atoms with van der Waals surface area (Å²) >= 11 is 0. The summed E-state index contributed by atoms with van der Waals surface area (Å²) in [4.78, 5) is 35.1. The first kappa shape index (κ1) is 28.4. The van der Waals surface area contributed by atoms with Gasteiger partial charge in [0.05, 0.1) is 30.9 Å². The maximum atomic E-state index is 14.4. The van der Waals surface area contributed by atoms with Crippen molar-refractivity contribution in [2.45, 2.75) is 44.9 Å². The lowest BCUT2D eigenvalue weighted by Gasteiger charge is -2.35. The van der Waals surface area contributed by atoms with Crippen LogP contribution >= 0.6 is 0 Å². The summed E-state index contributed by atoms with van der Waals surface area (Å²) in [7, 11) is 1.61. The van der Waals surface area contributed by atoms with E-state index in [9.17, 15) is 9.18 Å². The number of carbonyl (C=O) groups is 1. The molecule has 2 saturated heterocycles. The Morgan fingerprint density at radius 2 is 1.87 bits per heavy atom. The summed E-state index contributed by atoms with van der Waals surface area (Å²) in [5.74, 6) is 2.83. The fraction of sp³-hybridized carbons (Fsp3) is 0.312. The largest absolute Gasteiger partial charge is 0.497 e. The molecule has 3 aromatic heterocycles. The van der Waals surface area contributed by atoms with Gasteiger partial charge in [-0.05, 0) is 51.5 Å². The Morgan fingerprint density at radius 1 is 1.02 bits per heavy atom. The van der Waals surface area contributed by atoms with E-state index in [1.165, 1.54) is 12.1 Å². The summed E-state index contributed by atoms with van der Waals surface area (Å²) in [5.41, 5.74) is 0.690. The highest BCUT2D eigenvalue weighted by Gasteiger charge is 2.47. The van der Waals surface area contributed by atoms with Crippen LogP contribution in [0.15, 0.2) is 67.1 Å². The Bertz CT molecular complexity index is 1890. The number of piperazine rings is 1. The van der Waals surface area contributed by atoms with E-state index in [1.54, 1.807) is 47.4 Å². The number of benzene rings is 2. The van der Waals surface area contributed by atoms with Gasteiger partial charge in [-0.25, -0.2) is 28.8 Å². The minimum Gasteiger partial charge on any atom is -0.497 e. The number of halogens is 1. The van der Waals surface area contributed by atoms with Crippen LogP contribution in [0.2, 0.25) is 0 Å². The molecular formula is C32H32FN9O3. The molecule has 1 amide bonds. The first-order valence-corrected chi connectivity index (χ1v) is 14.7. The van der Waals surface area contributed by atoms with Gasteiger partial charge in [0.2, 0.25) is 0 Å². The number of fused-ring (bicyclic) bond motifs is 3. The fourth-order valence-electron chi connectivity index (χ4n) is 5.90. The van der Waals surface area contributed by atoms with Gasteiger partial charge in [-0.2, -0.15) is 0 Å². The van der Waals surface area contributed by atoms with Crippen molar-refractivity contribution in [3.63, 3.8) is 0 Å². The molecule has 1 N–H and O–H groups in total. The number of anilines is 3. The predicted octanol–water partition coefficient (Wildman–Crippen LogP) is 5.36. The average Bonchev–Trinajstić information content (AvgIpc) is 3.74. The molecule has 5 aromatic rings. The SMILES string of the molecule is COc1ccc2c(Nc3cnccn3)nn(-c3cc(N4C[C@@H]5C[C@H]4CN5C(=O)OC(C)(C)C)nc(-c4cccc(F)c4)n3)c2c1. The van der Waals surface area contributed by atoms with Crippen LogP contribution in [-0.4, -0.2) is 78.6 Å². The molecule has 0 radical (unpaired) electrons. The van der Waals surface area contributed by atoms with Crippen LogP contribution < -0.4 is 15.0 Å². The Hall–Kier alpha value is -5.33. The van der Waals surface area contributed by atoms with Crippen molar-refractivity contribution in [2.24, 2.45) is 0 Å². The van der Waals surface area contributed by atoms with Gasteiger partial charge in [-0.15, -0.1) is 5.10 Å². The molecule has 7 rings (SSSR count). The van der Waals surface area contributed by atoms with Crippen molar-refractivity contribution in [3.05, 3.63) is 72.9 Å². The number of hydrogen-bond donors (Lipinski definition) is 1. The first-order valence-electron chi connectivity index (χ1n) is 14.7.